The minimum absolute atomic E-state index is 0.0470. The monoisotopic (exact) mass is 303 g/mol. The lowest BCUT2D eigenvalue weighted by atomic mass is 10.0. The standard InChI is InChI=1S/C13H25N3O3S/c1-5-7-16-9-13(14-11(16)4)20(18,19)15-12(6-8-17)10(2)3/h9-10,12,15,17H,5-8H2,1-4H3. The Labute approximate surface area is 121 Å². The Hall–Kier alpha value is -0.920. The highest BCUT2D eigenvalue weighted by atomic mass is 32.2. The molecule has 0 bridgehead atoms. The Morgan fingerprint density at radius 1 is 1.45 bits per heavy atom. The quantitative estimate of drug-likeness (QED) is 0.758. The molecule has 0 amide bonds. The first-order valence-electron chi connectivity index (χ1n) is 6.98. The van der Waals surface area contributed by atoms with Crippen LogP contribution in [0.3, 0.4) is 0 Å². The zero-order chi connectivity index (χ0) is 15.3. The van der Waals surface area contributed by atoms with Gasteiger partial charge in [0.05, 0.1) is 0 Å². The Balaban J connectivity index is 2.95. The zero-order valence-corrected chi connectivity index (χ0v) is 13.4. The van der Waals surface area contributed by atoms with Gasteiger partial charge in [-0.25, -0.2) is 18.1 Å². The van der Waals surface area contributed by atoms with Gasteiger partial charge in [-0.15, -0.1) is 0 Å². The summed E-state index contributed by atoms with van der Waals surface area (Å²) in [4.78, 5) is 4.12. The van der Waals surface area contributed by atoms with Gasteiger partial charge >= 0.3 is 0 Å². The van der Waals surface area contributed by atoms with Gasteiger partial charge in [0.25, 0.3) is 10.0 Å². The highest BCUT2D eigenvalue weighted by Crippen LogP contribution is 2.14. The van der Waals surface area contributed by atoms with Crippen molar-refractivity contribution in [1.29, 1.82) is 0 Å². The van der Waals surface area contributed by atoms with E-state index in [2.05, 4.69) is 9.71 Å². The van der Waals surface area contributed by atoms with E-state index in [1.54, 1.807) is 13.1 Å². The van der Waals surface area contributed by atoms with Crippen LogP contribution in [0.15, 0.2) is 11.2 Å². The molecule has 1 rings (SSSR count). The maximum Gasteiger partial charge on any atom is 0.259 e. The molecule has 0 saturated heterocycles. The first-order chi connectivity index (χ1) is 9.31. The largest absolute Gasteiger partial charge is 0.396 e. The van der Waals surface area contributed by atoms with Gasteiger partial charge in [-0.3, -0.25) is 0 Å². The summed E-state index contributed by atoms with van der Waals surface area (Å²) in [5.41, 5.74) is 0. The zero-order valence-electron chi connectivity index (χ0n) is 12.6. The van der Waals surface area contributed by atoms with Crippen LogP contribution >= 0.6 is 0 Å². The summed E-state index contributed by atoms with van der Waals surface area (Å²) in [6.07, 6.45) is 2.88. The van der Waals surface area contributed by atoms with Crippen LogP contribution in [0.5, 0.6) is 0 Å². The fourth-order valence-electron chi connectivity index (χ4n) is 2.00. The number of hydrogen-bond donors (Lipinski definition) is 2. The van der Waals surface area contributed by atoms with Crippen molar-refractivity contribution in [2.24, 2.45) is 5.92 Å². The number of aryl methyl sites for hydroxylation is 2. The first-order valence-corrected chi connectivity index (χ1v) is 8.47. The molecule has 0 fully saturated rings. The van der Waals surface area contributed by atoms with Crippen LogP contribution in [0.1, 0.15) is 39.4 Å². The average Bonchev–Trinajstić information content (AvgIpc) is 2.71. The number of hydrogen-bond acceptors (Lipinski definition) is 4. The van der Waals surface area contributed by atoms with E-state index >= 15 is 0 Å². The number of aromatic nitrogens is 2. The predicted molar refractivity (Wildman–Crippen MR) is 77.9 cm³/mol. The summed E-state index contributed by atoms with van der Waals surface area (Å²) in [5.74, 6) is 0.797. The van der Waals surface area contributed by atoms with E-state index in [0.29, 0.717) is 12.2 Å². The molecule has 1 aromatic rings. The van der Waals surface area contributed by atoms with E-state index in [4.69, 9.17) is 5.11 Å². The number of aliphatic hydroxyl groups is 1. The fourth-order valence-corrected chi connectivity index (χ4v) is 3.43. The lowest BCUT2D eigenvalue weighted by Crippen LogP contribution is -2.39. The summed E-state index contributed by atoms with van der Waals surface area (Å²) in [6.45, 7) is 8.37. The molecule has 1 unspecified atom stereocenters. The third kappa shape index (κ3) is 4.29. The second-order valence-corrected chi connectivity index (χ2v) is 6.96. The van der Waals surface area contributed by atoms with Crippen LogP contribution in [-0.4, -0.2) is 35.7 Å². The van der Waals surface area contributed by atoms with Gasteiger partial charge in [-0.2, -0.15) is 0 Å². The second-order valence-electron chi connectivity index (χ2n) is 5.30. The Bertz CT molecular complexity index is 523. The van der Waals surface area contributed by atoms with E-state index in [9.17, 15) is 8.42 Å². The third-order valence-corrected chi connectivity index (χ3v) is 4.61. The molecule has 0 saturated carbocycles. The van der Waals surface area contributed by atoms with Crippen molar-refractivity contribution in [1.82, 2.24) is 14.3 Å². The average molecular weight is 303 g/mol. The number of nitrogens with zero attached hydrogens (tertiary/aromatic N) is 2. The molecule has 1 heterocycles. The molecule has 116 valence electrons. The maximum atomic E-state index is 12.3. The van der Waals surface area contributed by atoms with Crippen molar-refractivity contribution in [3.05, 3.63) is 12.0 Å². The van der Waals surface area contributed by atoms with E-state index in [-0.39, 0.29) is 23.6 Å². The highest BCUT2D eigenvalue weighted by Gasteiger charge is 2.24. The molecular formula is C13H25N3O3S. The number of aliphatic hydroxyl groups excluding tert-OH is 1. The van der Waals surface area contributed by atoms with Crippen LogP contribution < -0.4 is 4.72 Å². The van der Waals surface area contributed by atoms with E-state index in [1.807, 2.05) is 25.3 Å². The molecule has 0 aliphatic heterocycles. The maximum absolute atomic E-state index is 12.3. The molecular weight excluding hydrogens is 278 g/mol. The summed E-state index contributed by atoms with van der Waals surface area (Å²) in [5, 5.41) is 9.06. The molecule has 20 heavy (non-hydrogen) atoms. The Morgan fingerprint density at radius 3 is 2.60 bits per heavy atom. The molecule has 1 aromatic heterocycles. The summed E-state index contributed by atoms with van der Waals surface area (Å²) in [7, 11) is -3.64. The minimum Gasteiger partial charge on any atom is -0.396 e. The van der Waals surface area contributed by atoms with Crippen LogP contribution in [-0.2, 0) is 16.6 Å². The highest BCUT2D eigenvalue weighted by molar-refractivity contribution is 7.89. The first kappa shape index (κ1) is 17.1. The molecule has 1 atom stereocenters. The van der Waals surface area contributed by atoms with Crippen molar-refractivity contribution in [2.75, 3.05) is 6.61 Å². The number of rotatable bonds is 8. The molecule has 2 N–H and O–H groups in total. The fraction of sp³-hybridized carbons (Fsp3) is 0.769. The van der Waals surface area contributed by atoms with Gasteiger partial charge in [0.15, 0.2) is 5.03 Å². The van der Waals surface area contributed by atoms with Gasteiger partial charge in [-0.1, -0.05) is 20.8 Å². The Morgan fingerprint density at radius 2 is 2.10 bits per heavy atom. The smallest absolute Gasteiger partial charge is 0.259 e. The predicted octanol–water partition coefficient (Wildman–Crippen LogP) is 1.29. The molecule has 0 aromatic carbocycles. The van der Waals surface area contributed by atoms with E-state index in [0.717, 1.165) is 13.0 Å². The Kier molecular flexibility index (Phi) is 6.16. The summed E-state index contributed by atoms with van der Waals surface area (Å²) < 4.78 is 29.1. The van der Waals surface area contributed by atoms with Crippen molar-refractivity contribution >= 4 is 10.0 Å². The molecule has 6 nitrogen and oxygen atoms in total. The van der Waals surface area contributed by atoms with Crippen LogP contribution in [0, 0.1) is 12.8 Å². The number of sulfonamides is 1. The third-order valence-electron chi connectivity index (χ3n) is 3.25. The van der Waals surface area contributed by atoms with Gasteiger partial charge in [0.1, 0.15) is 5.82 Å². The lowest BCUT2D eigenvalue weighted by Gasteiger charge is -2.20. The number of nitrogens with one attached hydrogen (secondary N) is 1. The lowest BCUT2D eigenvalue weighted by molar-refractivity contribution is 0.256. The topological polar surface area (TPSA) is 84.2 Å². The van der Waals surface area contributed by atoms with E-state index in [1.165, 1.54) is 0 Å². The molecule has 7 heteroatoms. The van der Waals surface area contributed by atoms with E-state index < -0.39 is 10.0 Å². The van der Waals surface area contributed by atoms with Gasteiger partial charge in [-0.05, 0) is 25.7 Å². The molecule has 0 spiro atoms. The summed E-state index contributed by atoms with van der Waals surface area (Å²) in [6, 6.07) is -0.290. The van der Waals surface area contributed by atoms with Crippen molar-refractivity contribution < 1.29 is 13.5 Å². The minimum atomic E-state index is -3.64. The SMILES string of the molecule is CCCn1cc(S(=O)(=O)NC(CCO)C(C)C)nc1C. The van der Waals surface area contributed by atoms with Crippen LogP contribution in [0.2, 0.25) is 0 Å². The number of imidazole rings is 1. The molecule has 0 radical (unpaired) electrons. The van der Waals surface area contributed by atoms with Gasteiger partial charge < -0.3 is 9.67 Å². The summed E-state index contributed by atoms with van der Waals surface area (Å²) >= 11 is 0. The van der Waals surface area contributed by atoms with Gasteiger partial charge in [0.2, 0.25) is 0 Å². The normalized spacial score (nSPS) is 13.9. The molecule has 0 aliphatic rings. The van der Waals surface area contributed by atoms with Crippen molar-refractivity contribution in [3.63, 3.8) is 0 Å². The van der Waals surface area contributed by atoms with Crippen molar-refractivity contribution in [2.45, 2.75) is 58.1 Å². The van der Waals surface area contributed by atoms with Gasteiger partial charge in [0, 0.05) is 25.4 Å². The second kappa shape index (κ2) is 7.19. The van der Waals surface area contributed by atoms with Crippen LogP contribution in [0.4, 0.5) is 0 Å². The van der Waals surface area contributed by atoms with Crippen molar-refractivity contribution in [3.8, 4) is 0 Å². The molecule has 0 aliphatic carbocycles. The van der Waals surface area contributed by atoms with Crippen LogP contribution in [0.25, 0.3) is 0 Å².